The van der Waals surface area contributed by atoms with Crippen LogP contribution in [-0.4, -0.2) is 87.5 Å². The fourth-order valence-electron chi connectivity index (χ4n) is 8.10. The summed E-state index contributed by atoms with van der Waals surface area (Å²) in [5.74, 6) is -0.172. The van der Waals surface area contributed by atoms with Gasteiger partial charge in [0.1, 0.15) is 24.4 Å². The summed E-state index contributed by atoms with van der Waals surface area (Å²) in [4.78, 5) is 13.0. The molecular formula is C49H95NO8. The number of ether oxygens (including phenoxy) is 2. The van der Waals surface area contributed by atoms with Gasteiger partial charge in [-0.3, -0.25) is 4.79 Å². The summed E-state index contributed by atoms with van der Waals surface area (Å²) in [6, 6.07) is -0.798. The van der Waals surface area contributed by atoms with Gasteiger partial charge < -0.3 is 40.3 Å². The Kier molecular flexibility index (Phi) is 37.9. The van der Waals surface area contributed by atoms with Crippen molar-refractivity contribution in [2.24, 2.45) is 0 Å². The van der Waals surface area contributed by atoms with Crippen LogP contribution in [-0.2, 0) is 14.3 Å². The molecule has 0 aliphatic carbocycles. The molecule has 1 fully saturated rings. The Balaban J connectivity index is 2.29. The maximum absolute atomic E-state index is 13.0. The van der Waals surface area contributed by atoms with Crippen LogP contribution in [0.15, 0.2) is 12.2 Å². The van der Waals surface area contributed by atoms with Crippen molar-refractivity contribution in [3.05, 3.63) is 12.2 Å². The minimum absolute atomic E-state index is 0.172. The Morgan fingerprint density at radius 3 is 1.34 bits per heavy atom. The lowest BCUT2D eigenvalue weighted by Crippen LogP contribution is -2.60. The van der Waals surface area contributed by atoms with Gasteiger partial charge in [0.05, 0.1) is 25.4 Å². The molecule has 6 N–H and O–H groups in total. The van der Waals surface area contributed by atoms with Crippen LogP contribution in [0.25, 0.3) is 0 Å². The summed E-state index contributed by atoms with van der Waals surface area (Å²) < 4.78 is 11.2. The van der Waals surface area contributed by atoms with Crippen LogP contribution in [0.2, 0.25) is 0 Å². The highest BCUT2D eigenvalue weighted by atomic mass is 16.7. The minimum atomic E-state index is -1.56. The Morgan fingerprint density at radius 1 is 0.569 bits per heavy atom. The third-order valence-corrected chi connectivity index (χ3v) is 12.1. The molecule has 2 unspecified atom stereocenters. The maximum Gasteiger partial charge on any atom is 0.220 e. The molecule has 0 saturated carbocycles. The first-order valence-corrected chi connectivity index (χ1v) is 24.9. The first-order chi connectivity index (χ1) is 28.3. The molecule has 1 saturated heterocycles. The highest BCUT2D eigenvalue weighted by Crippen LogP contribution is 2.23. The Morgan fingerprint density at radius 2 is 0.948 bits per heavy atom. The van der Waals surface area contributed by atoms with Crippen molar-refractivity contribution in [2.45, 2.75) is 281 Å². The Hall–Kier alpha value is -1.07. The van der Waals surface area contributed by atoms with Gasteiger partial charge in [0, 0.05) is 6.42 Å². The fraction of sp³-hybridized carbons (Fsp3) is 0.939. The topological polar surface area (TPSA) is 149 Å². The van der Waals surface area contributed by atoms with Crippen molar-refractivity contribution < 1.29 is 39.8 Å². The number of aliphatic hydroxyl groups excluding tert-OH is 5. The summed E-state index contributed by atoms with van der Waals surface area (Å²) in [7, 11) is 0. The summed E-state index contributed by atoms with van der Waals surface area (Å²) in [5.41, 5.74) is 0. The molecule has 1 heterocycles. The lowest BCUT2D eigenvalue weighted by Gasteiger charge is -2.40. The molecule has 344 valence electrons. The van der Waals surface area contributed by atoms with Gasteiger partial charge in [-0.2, -0.15) is 0 Å². The standard InChI is InChI=1S/C49H95NO8/c1-3-5-7-9-11-13-15-17-19-20-21-22-23-25-27-29-31-33-35-37-39-45(53)50-42(41-57-49-48(56)47(55)46(54)44(40-51)58-49)43(52)38-36-34-32-30-28-26-24-18-16-14-12-10-8-6-4-2/h36,38,42-44,46-49,51-52,54-56H,3-35,37,39-41H2,1-2H3,(H,50,53)/b38-36+/t42-,43+,44+,46+,47?,48?,49+/m0/s1. The SMILES string of the molecule is CCCCCCCCCCCCCCC/C=C/[C@@H](O)[C@H](CO[C@@H]1O[C@H](CO)[C@@H](O)C(O)C1O)NC(=O)CCCCCCCCCCCCCCCCCCCCCC. The third kappa shape index (κ3) is 30.0. The normalized spacial score (nSPS) is 20.8. The fourth-order valence-corrected chi connectivity index (χ4v) is 8.10. The second-order valence-corrected chi connectivity index (χ2v) is 17.6. The second kappa shape index (κ2) is 40.0. The van der Waals surface area contributed by atoms with Crippen LogP contribution < -0.4 is 5.32 Å². The third-order valence-electron chi connectivity index (χ3n) is 12.1. The average Bonchev–Trinajstić information content (AvgIpc) is 3.22. The Labute approximate surface area is 356 Å². The van der Waals surface area contributed by atoms with Crippen molar-refractivity contribution in [3.8, 4) is 0 Å². The summed E-state index contributed by atoms with van der Waals surface area (Å²) in [5, 5.41) is 54.3. The van der Waals surface area contributed by atoms with E-state index < -0.39 is 49.5 Å². The Bertz CT molecular complexity index is 919. The smallest absolute Gasteiger partial charge is 0.220 e. The zero-order valence-electron chi connectivity index (χ0n) is 37.8. The molecule has 0 aromatic heterocycles. The van der Waals surface area contributed by atoms with E-state index in [-0.39, 0.29) is 12.5 Å². The van der Waals surface area contributed by atoms with Gasteiger partial charge in [-0.25, -0.2) is 0 Å². The highest BCUT2D eigenvalue weighted by Gasteiger charge is 2.44. The minimum Gasteiger partial charge on any atom is -0.394 e. The molecule has 1 amide bonds. The number of carbonyl (C=O) groups excluding carboxylic acids is 1. The lowest BCUT2D eigenvalue weighted by atomic mass is 9.99. The molecule has 1 aliphatic rings. The van der Waals surface area contributed by atoms with Gasteiger partial charge in [0.2, 0.25) is 5.91 Å². The number of aliphatic hydroxyl groups is 5. The number of amides is 1. The molecule has 9 heteroatoms. The molecule has 0 radical (unpaired) electrons. The molecule has 0 aromatic carbocycles. The van der Waals surface area contributed by atoms with E-state index >= 15 is 0 Å². The molecule has 0 spiro atoms. The first-order valence-electron chi connectivity index (χ1n) is 24.9. The highest BCUT2D eigenvalue weighted by molar-refractivity contribution is 5.76. The van der Waals surface area contributed by atoms with E-state index in [1.165, 1.54) is 180 Å². The van der Waals surface area contributed by atoms with Crippen LogP contribution in [0, 0.1) is 0 Å². The van der Waals surface area contributed by atoms with E-state index in [2.05, 4.69) is 19.2 Å². The van der Waals surface area contributed by atoms with Crippen LogP contribution >= 0.6 is 0 Å². The largest absolute Gasteiger partial charge is 0.394 e. The van der Waals surface area contributed by atoms with Crippen molar-refractivity contribution in [3.63, 3.8) is 0 Å². The summed E-state index contributed by atoms with van der Waals surface area (Å²) in [6.45, 7) is 3.80. The van der Waals surface area contributed by atoms with Gasteiger partial charge in [-0.05, 0) is 19.3 Å². The molecule has 58 heavy (non-hydrogen) atoms. The summed E-state index contributed by atoms with van der Waals surface area (Å²) in [6.07, 6.45) is 39.7. The molecule has 0 aromatic rings. The average molecular weight is 826 g/mol. The predicted molar refractivity (Wildman–Crippen MR) is 240 cm³/mol. The van der Waals surface area contributed by atoms with Crippen molar-refractivity contribution in [2.75, 3.05) is 13.2 Å². The van der Waals surface area contributed by atoms with E-state index in [0.717, 1.165) is 38.5 Å². The molecule has 7 atom stereocenters. The zero-order valence-corrected chi connectivity index (χ0v) is 37.8. The van der Waals surface area contributed by atoms with Gasteiger partial charge in [-0.1, -0.05) is 225 Å². The lowest BCUT2D eigenvalue weighted by molar-refractivity contribution is -0.302. The monoisotopic (exact) mass is 826 g/mol. The van der Waals surface area contributed by atoms with E-state index in [1.54, 1.807) is 6.08 Å². The van der Waals surface area contributed by atoms with Gasteiger partial charge in [-0.15, -0.1) is 0 Å². The number of nitrogens with one attached hydrogen (secondary N) is 1. The molecular weight excluding hydrogens is 731 g/mol. The van der Waals surface area contributed by atoms with Gasteiger partial charge in [0.25, 0.3) is 0 Å². The van der Waals surface area contributed by atoms with Gasteiger partial charge in [0.15, 0.2) is 6.29 Å². The van der Waals surface area contributed by atoms with Crippen molar-refractivity contribution in [1.29, 1.82) is 0 Å². The number of hydrogen-bond donors (Lipinski definition) is 6. The number of carbonyl (C=O) groups is 1. The molecule has 1 aliphatic heterocycles. The molecule has 9 nitrogen and oxygen atoms in total. The van der Waals surface area contributed by atoms with E-state index in [0.29, 0.717) is 6.42 Å². The number of allylic oxidation sites excluding steroid dienone is 1. The van der Waals surface area contributed by atoms with Gasteiger partial charge >= 0.3 is 0 Å². The number of hydrogen-bond acceptors (Lipinski definition) is 8. The van der Waals surface area contributed by atoms with Crippen molar-refractivity contribution in [1.82, 2.24) is 5.32 Å². The number of rotatable bonds is 42. The number of unbranched alkanes of at least 4 members (excludes halogenated alkanes) is 32. The van der Waals surface area contributed by atoms with Crippen LogP contribution in [0.1, 0.15) is 239 Å². The predicted octanol–water partition coefficient (Wildman–Crippen LogP) is 10.9. The quantitative estimate of drug-likeness (QED) is 0.0263. The van der Waals surface area contributed by atoms with Crippen LogP contribution in [0.5, 0.6) is 0 Å². The van der Waals surface area contributed by atoms with E-state index in [4.69, 9.17) is 9.47 Å². The van der Waals surface area contributed by atoms with E-state index in [1.807, 2.05) is 6.08 Å². The second-order valence-electron chi connectivity index (χ2n) is 17.6. The molecule has 1 rings (SSSR count). The van der Waals surface area contributed by atoms with E-state index in [9.17, 15) is 30.3 Å². The van der Waals surface area contributed by atoms with Crippen LogP contribution in [0.3, 0.4) is 0 Å². The molecule has 0 bridgehead atoms. The van der Waals surface area contributed by atoms with Crippen molar-refractivity contribution >= 4 is 5.91 Å². The zero-order chi connectivity index (χ0) is 42.3. The first kappa shape index (κ1) is 54.9. The van der Waals surface area contributed by atoms with Crippen LogP contribution in [0.4, 0.5) is 0 Å². The maximum atomic E-state index is 13.0. The summed E-state index contributed by atoms with van der Waals surface area (Å²) >= 11 is 0.